The molecule has 0 bridgehead atoms. The number of alkyl carbamates (subject to hydrolysis) is 1. The van der Waals surface area contributed by atoms with Crippen molar-refractivity contribution in [3.05, 3.63) is 90.0 Å². The molecule has 0 aromatic heterocycles. The molecule has 3 aromatic rings. The highest BCUT2D eigenvalue weighted by Gasteiger charge is 2.30. The number of rotatable bonds is 22. The van der Waals surface area contributed by atoms with Crippen LogP contribution in [0.15, 0.2) is 83.9 Å². The Balaban J connectivity index is 1.47. The van der Waals surface area contributed by atoms with Crippen molar-refractivity contribution >= 4 is 41.6 Å². The molecule has 0 aliphatic heterocycles. The molecular formula is C42H56FN9O9. The van der Waals surface area contributed by atoms with Crippen LogP contribution in [0.3, 0.4) is 0 Å². The molecule has 0 spiro atoms. The van der Waals surface area contributed by atoms with Crippen molar-refractivity contribution < 1.29 is 48.1 Å². The fourth-order valence-electron chi connectivity index (χ4n) is 5.92. The van der Waals surface area contributed by atoms with Crippen LogP contribution in [0.25, 0.3) is 11.1 Å². The Morgan fingerprint density at radius 1 is 0.836 bits per heavy atom. The monoisotopic (exact) mass is 849 g/mol. The molecule has 0 saturated carbocycles. The summed E-state index contributed by atoms with van der Waals surface area (Å²) in [4.78, 5) is 84.2. The lowest BCUT2D eigenvalue weighted by atomic mass is 9.95. The number of benzene rings is 3. The van der Waals surface area contributed by atoms with Gasteiger partial charge in [0.05, 0.1) is 12.6 Å². The van der Waals surface area contributed by atoms with Gasteiger partial charge in [0.15, 0.2) is 5.96 Å². The van der Waals surface area contributed by atoms with Crippen LogP contribution in [-0.2, 0) is 45.7 Å². The average molecular weight is 850 g/mol. The highest BCUT2D eigenvalue weighted by Crippen LogP contribution is 2.28. The number of nitrogens with two attached hydrogens (primary N) is 3. The van der Waals surface area contributed by atoms with Gasteiger partial charge in [-0.2, -0.15) is 4.94 Å². The molecule has 0 fully saturated rings. The molecule has 19 heteroatoms. The zero-order chi connectivity index (χ0) is 45.1. The van der Waals surface area contributed by atoms with Crippen molar-refractivity contribution in [3.63, 3.8) is 0 Å². The maximum atomic E-state index is 13.1. The molecule has 5 atom stereocenters. The van der Waals surface area contributed by atoms with Crippen LogP contribution in [-0.4, -0.2) is 90.6 Å². The molecule has 0 aliphatic rings. The Morgan fingerprint density at radius 2 is 1.48 bits per heavy atom. The second-order valence-electron chi connectivity index (χ2n) is 14.8. The molecule has 12 N–H and O–H groups in total. The van der Waals surface area contributed by atoms with Gasteiger partial charge in [-0.05, 0) is 77.9 Å². The normalized spacial score (nSPS) is 14.0. The third kappa shape index (κ3) is 16.2. The number of halogens is 1. The third-order valence-corrected chi connectivity index (χ3v) is 9.68. The predicted octanol–water partition coefficient (Wildman–Crippen LogP) is 1.69. The van der Waals surface area contributed by atoms with Crippen molar-refractivity contribution in [2.24, 2.45) is 28.1 Å². The third-order valence-electron chi connectivity index (χ3n) is 9.68. The van der Waals surface area contributed by atoms with E-state index in [1.54, 1.807) is 39.8 Å². The first-order valence-corrected chi connectivity index (χ1v) is 19.6. The van der Waals surface area contributed by atoms with E-state index < -0.39 is 78.5 Å². The van der Waals surface area contributed by atoms with Crippen LogP contribution in [0.2, 0.25) is 0 Å². The van der Waals surface area contributed by atoms with Gasteiger partial charge in [-0.1, -0.05) is 87.0 Å². The lowest BCUT2D eigenvalue weighted by molar-refractivity contribution is -0.153. The molecule has 5 unspecified atom stereocenters. The summed E-state index contributed by atoms with van der Waals surface area (Å²) in [5.41, 5.74) is 19.9. The Labute approximate surface area is 353 Å². The van der Waals surface area contributed by atoms with E-state index in [1.807, 2.05) is 54.6 Å². The minimum absolute atomic E-state index is 0.00793. The number of hydrogen-bond donors (Lipinski definition) is 9. The van der Waals surface area contributed by atoms with Crippen molar-refractivity contribution in [2.45, 2.75) is 83.1 Å². The Hall–Kier alpha value is -6.60. The number of phenols is 1. The number of aromatic hydroxyl groups is 1. The topological polar surface area (TPSA) is 292 Å². The molecule has 61 heavy (non-hydrogen) atoms. The summed E-state index contributed by atoms with van der Waals surface area (Å²) < 4.78 is 18.6. The van der Waals surface area contributed by atoms with Crippen LogP contribution >= 0.6 is 0 Å². The Kier molecular flexibility index (Phi) is 19.1. The van der Waals surface area contributed by atoms with E-state index in [9.17, 15) is 38.4 Å². The van der Waals surface area contributed by atoms with Gasteiger partial charge in [0.25, 0.3) is 0 Å². The zero-order valence-electron chi connectivity index (χ0n) is 34.6. The number of amides is 6. The molecule has 0 aliphatic carbocycles. The number of primary amides is 1. The number of nitrogens with one attached hydrogen (secondary N) is 5. The first-order valence-electron chi connectivity index (χ1n) is 19.6. The van der Waals surface area contributed by atoms with Gasteiger partial charge in [0.1, 0.15) is 36.1 Å². The van der Waals surface area contributed by atoms with E-state index in [-0.39, 0.29) is 43.4 Å². The largest absolute Gasteiger partial charge is 0.508 e. The van der Waals surface area contributed by atoms with E-state index in [2.05, 4.69) is 36.5 Å². The number of carbonyl (C=O) groups is 6. The van der Waals surface area contributed by atoms with Crippen molar-refractivity contribution in [3.8, 4) is 16.9 Å². The molecule has 0 saturated heterocycles. The second kappa shape index (κ2) is 23.9. The lowest BCUT2D eigenvalue weighted by Crippen LogP contribution is -2.57. The minimum atomic E-state index is -1.64. The number of ether oxygens (including phenoxy) is 1. The first kappa shape index (κ1) is 48.8. The molecular weight excluding hydrogens is 794 g/mol. The van der Waals surface area contributed by atoms with Gasteiger partial charge in [0, 0.05) is 6.54 Å². The maximum Gasteiger partial charge on any atom is 0.414 e. The van der Waals surface area contributed by atoms with Crippen molar-refractivity contribution in [2.75, 3.05) is 19.7 Å². The van der Waals surface area contributed by atoms with Gasteiger partial charge in [-0.25, -0.2) is 4.79 Å². The van der Waals surface area contributed by atoms with Gasteiger partial charge in [-0.3, -0.25) is 34.3 Å². The summed E-state index contributed by atoms with van der Waals surface area (Å²) in [5.74, 6) is -4.79. The number of hydrogen-bond acceptors (Lipinski definition) is 11. The van der Waals surface area contributed by atoms with Gasteiger partial charge in [-0.15, -0.1) is 0 Å². The molecule has 330 valence electrons. The molecule has 6 amide bonds. The van der Waals surface area contributed by atoms with Crippen LogP contribution in [0.4, 0.5) is 9.32 Å². The van der Waals surface area contributed by atoms with E-state index >= 15 is 0 Å². The number of phenolic OH excluding ortho intramolecular Hbond substituents is 1. The van der Waals surface area contributed by atoms with Crippen LogP contribution in [0.1, 0.15) is 58.1 Å². The average Bonchev–Trinajstić information content (AvgIpc) is 3.23. The predicted molar refractivity (Wildman–Crippen MR) is 225 cm³/mol. The van der Waals surface area contributed by atoms with Gasteiger partial charge in [0.2, 0.25) is 29.5 Å². The highest BCUT2D eigenvalue weighted by atomic mass is 19.3. The van der Waals surface area contributed by atoms with Crippen LogP contribution < -0.4 is 43.8 Å². The van der Waals surface area contributed by atoms with Crippen molar-refractivity contribution in [1.82, 2.24) is 26.6 Å². The quantitative estimate of drug-likeness (QED) is 0.0398. The maximum absolute atomic E-state index is 13.1. The van der Waals surface area contributed by atoms with E-state index in [1.165, 1.54) is 12.1 Å². The molecule has 3 aromatic carbocycles. The molecule has 3 rings (SSSR count). The summed E-state index contributed by atoms with van der Waals surface area (Å²) in [5, 5.41) is 21.4. The highest BCUT2D eigenvalue weighted by molar-refractivity contribution is 5.95. The number of nitrogens with zero attached hydrogens (tertiary/aromatic N) is 1. The van der Waals surface area contributed by atoms with Gasteiger partial charge >= 0.3 is 6.09 Å². The first-order chi connectivity index (χ1) is 28.9. The second-order valence-corrected chi connectivity index (χ2v) is 14.8. The Morgan fingerprint density at radius 3 is 2.08 bits per heavy atom. The molecule has 0 heterocycles. The number of aliphatic imine (C=N–C) groups is 1. The summed E-state index contributed by atoms with van der Waals surface area (Å²) >= 11 is 0. The fraction of sp³-hybridized carbons (Fsp3) is 0.405. The number of carbonyl (C=O) groups excluding carboxylic acids is 6. The van der Waals surface area contributed by atoms with Crippen molar-refractivity contribution in [1.29, 1.82) is 0 Å². The van der Waals surface area contributed by atoms with E-state index in [0.717, 1.165) is 16.7 Å². The van der Waals surface area contributed by atoms with Crippen LogP contribution in [0, 0.1) is 5.92 Å². The summed E-state index contributed by atoms with van der Waals surface area (Å²) in [6, 6.07) is 18.5. The molecule has 0 radical (unpaired) electrons. The molecule has 18 nitrogen and oxygen atoms in total. The lowest BCUT2D eigenvalue weighted by Gasteiger charge is -2.26. The standard InChI is InChI=1S/C42H56FN9O9/c1-5-25(2)35(51-37(56)31(44)22-26-13-19-30(53)20-14-26)39(58)48-23-34(54)49-33(24-60-43)38(57)50-32(36(45)55)12-9-21-47-40(46)52-41(59)61-42(3,4)29-17-15-28(16-18-29)27-10-7-6-8-11-27/h6-8,10-11,13-20,25,31-33,35,53H,5,9,12,21-24,44H2,1-4H3,(H2,45,55)(H,48,58)(H,49,54)(H,50,57)(H,51,56)(H3,46,47,52,59). The zero-order valence-corrected chi connectivity index (χ0v) is 34.6. The fourth-order valence-corrected chi connectivity index (χ4v) is 5.92. The van der Waals surface area contributed by atoms with E-state index in [0.29, 0.717) is 12.0 Å². The van der Waals surface area contributed by atoms with Crippen LogP contribution in [0.5, 0.6) is 5.75 Å². The SMILES string of the molecule is CCC(C)C(NC(=O)C(N)Cc1ccc(O)cc1)C(=O)NCC(=O)NC(COF)C(=O)NC(CCCN=C(N)NC(=O)OC(C)(C)c1ccc(-c2ccccc2)cc1)C(N)=O. The number of guanidine groups is 1. The summed E-state index contributed by atoms with van der Waals surface area (Å²) in [7, 11) is 0. The summed E-state index contributed by atoms with van der Waals surface area (Å²) in [6.07, 6.45) is -0.158. The minimum Gasteiger partial charge on any atom is -0.508 e. The van der Waals surface area contributed by atoms with Gasteiger partial charge < -0.3 is 48.3 Å². The smallest absolute Gasteiger partial charge is 0.414 e. The summed E-state index contributed by atoms with van der Waals surface area (Å²) in [6.45, 7) is 5.33. The Bertz CT molecular complexity index is 1970. The van der Waals surface area contributed by atoms with E-state index in [4.69, 9.17) is 21.9 Å².